The maximum atomic E-state index is 13.7. The van der Waals surface area contributed by atoms with Crippen LogP contribution in [-0.2, 0) is 14.8 Å². The maximum absolute atomic E-state index is 13.7. The van der Waals surface area contributed by atoms with Crippen LogP contribution in [0.25, 0.3) is 0 Å². The van der Waals surface area contributed by atoms with Gasteiger partial charge in [0.2, 0.25) is 10.0 Å². The fourth-order valence-corrected chi connectivity index (χ4v) is 2.79. The van der Waals surface area contributed by atoms with Gasteiger partial charge in [0.15, 0.2) is 18.2 Å². The van der Waals surface area contributed by atoms with E-state index in [0.29, 0.717) is 0 Å². The summed E-state index contributed by atoms with van der Waals surface area (Å²) in [6.45, 7) is -0.333. The first-order valence-corrected chi connectivity index (χ1v) is 7.56. The standard InChI is InChI=1S/C12H15FN2O4S/c1-14-12(16)7-19-11-5-4-9(6-10(11)13)20(17,18)15-8-2-3-8/h4-6,8,15H,2-3,7H2,1H3,(H,14,16). The summed E-state index contributed by atoms with van der Waals surface area (Å²) < 4.78 is 44.9. The van der Waals surface area contributed by atoms with Crippen molar-refractivity contribution in [2.45, 2.75) is 23.8 Å². The first kappa shape index (κ1) is 14.7. The molecular weight excluding hydrogens is 287 g/mol. The third kappa shape index (κ3) is 3.67. The zero-order valence-electron chi connectivity index (χ0n) is 10.8. The molecule has 20 heavy (non-hydrogen) atoms. The Kier molecular flexibility index (Phi) is 4.24. The quantitative estimate of drug-likeness (QED) is 0.796. The zero-order chi connectivity index (χ0) is 14.8. The minimum absolute atomic E-state index is 0.0489. The molecule has 1 fully saturated rings. The van der Waals surface area contributed by atoms with Gasteiger partial charge in [-0.1, -0.05) is 0 Å². The lowest BCUT2D eigenvalue weighted by Gasteiger charge is -2.09. The monoisotopic (exact) mass is 302 g/mol. The number of ether oxygens (including phenoxy) is 1. The highest BCUT2D eigenvalue weighted by molar-refractivity contribution is 7.89. The van der Waals surface area contributed by atoms with Crippen molar-refractivity contribution < 1.29 is 22.3 Å². The maximum Gasteiger partial charge on any atom is 0.257 e. The molecule has 2 rings (SSSR count). The van der Waals surface area contributed by atoms with Crippen LogP contribution in [0.3, 0.4) is 0 Å². The van der Waals surface area contributed by atoms with Crippen LogP contribution in [0.1, 0.15) is 12.8 Å². The molecule has 0 spiro atoms. The van der Waals surface area contributed by atoms with Gasteiger partial charge >= 0.3 is 0 Å². The van der Waals surface area contributed by atoms with Crippen LogP contribution in [-0.4, -0.2) is 34.0 Å². The molecule has 1 aromatic rings. The van der Waals surface area contributed by atoms with Crippen molar-refractivity contribution in [3.8, 4) is 5.75 Å². The summed E-state index contributed by atoms with van der Waals surface area (Å²) in [5.74, 6) is -1.40. The topological polar surface area (TPSA) is 84.5 Å². The predicted molar refractivity (Wildman–Crippen MR) is 69.3 cm³/mol. The van der Waals surface area contributed by atoms with Crippen LogP contribution >= 0.6 is 0 Å². The van der Waals surface area contributed by atoms with Crippen LogP contribution in [0, 0.1) is 5.82 Å². The van der Waals surface area contributed by atoms with Crippen molar-refractivity contribution in [3.05, 3.63) is 24.0 Å². The van der Waals surface area contributed by atoms with Gasteiger partial charge in [-0.3, -0.25) is 4.79 Å². The van der Waals surface area contributed by atoms with Crippen molar-refractivity contribution in [3.63, 3.8) is 0 Å². The minimum atomic E-state index is -3.70. The van der Waals surface area contributed by atoms with Gasteiger partial charge in [0, 0.05) is 13.1 Å². The molecule has 1 amide bonds. The average molecular weight is 302 g/mol. The third-order valence-corrected chi connectivity index (χ3v) is 4.27. The molecule has 2 N–H and O–H groups in total. The molecule has 1 aliphatic carbocycles. The molecule has 0 bridgehead atoms. The number of nitrogens with one attached hydrogen (secondary N) is 2. The molecule has 8 heteroatoms. The predicted octanol–water partition coefficient (Wildman–Crippen LogP) is 0.391. The smallest absolute Gasteiger partial charge is 0.257 e. The third-order valence-electron chi connectivity index (χ3n) is 2.75. The van der Waals surface area contributed by atoms with Gasteiger partial charge in [0.1, 0.15) is 0 Å². The lowest BCUT2D eigenvalue weighted by Crippen LogP contribution is -2.26. The summed E-state index contributed by atoms with van der Waals surface area (Å²) in [5.41, 5.74) is 0. The van der Waals surface area contributed by atoms with E-state index in [9.17, 15) is 17.6 Å². The SMILES string of the molecule is CNC(=O)COc1ccc(S(=O)(=O)NC2CC2)cc1F. The number of rotatable bonds is 6. The highest BCUT2D eigenvalue weighted by atomic mass is 32.2. The second-order valence-electron chi connectivity index (χ2n) is 4.45. The second kappa shape index (κ2) is 5.76. The van der Waals surface area contributed by atoms with Gasteiger partial charge in [0.25, 0.3) is 5.91 Å². The second-order valence-corrected chi connectivity index (χ2v) is 6.16. The number of benzene rings is 1. The summed E-state index contributed by atoms with van der Waals surface area (Å²) in [6.07, 6.45) is 1.60. The molecule has 0 aromatic heterocycles. The number of hydrogen-bond donors (Lipinski definition) is 2. The van der Waals surface area contributed by atoms with E-state index >= 15 is 0 Å². The molecule has 0 saturated heterocycles. The summed E-state index contributed by atoms with van der Waals surface area (Å²) in [5, 5.41) is 2.33. The number of carbonyl (C=O) groups excluding carboxylic acids is 1. The van der Waals surface area contributed by atoms with Gasteiger partial charge in [0.05, 0.1) is 4.90 Å². The number of likely N-dealkylation sites (N-methyl/N-ethyl adjacent to an activating group) is 1. The number of sulfonamides is 1. The first-order chi connectivity index (χ1) is 9.42. The Balaban J connectivity index is 2.10. The van der Waals surface area contributed by atoms with Gasteiger partial charge in [-0.25, -0.2) is 17.5 Å². The molecule has 0 radical (unpaired) electrons. The zero-order valence-corrected chi connectivity index (χ0v) is 11.7. The first-order valence-electron chi connectivity index (χ1n) is 6.07. The average Bonchev–Trinajstić information content (AvgIpc) is 3.20. The van der Waals surface area contributed by atoms with Crippen molar-refractivity contribution in [1.82, 2.24) is 10.0 Å². The van der Waals surface area contributed by atoms with Crippen LogP contribution in [0.2, 0.25) is 0 Å². The van der Waals surface area contributed by atoms with E-state index in [1.807, 2.05) is 0 Å². The fourth-order valence-electron chi connectivity index (χ4n) is 1.47. The van der Waals surface area contributed by atoms with Crippen LogP contribution in [0.15, 0.2) is 23.1 Å². The van der Waals surface area contributed by atoms with E-state index < -0.39 is 21.7 Å². The van der Waals surface area contributed by atoms with Gasteiger partial charge in [-0.15, -0.1) is 0 Å². The Hall–Kier alpha value is -1.67. The summed E-state index contributed by atoms with van der Waals surface area (Å²) in [7, 11) is -2.27. The van der Waals surface area contributed by atoms with E-state index in [2.05, 4.69) is 10.0 Å². The van der Waals surface area contributed by atoms with Crippen molar-refractivity contribution in [2.75, 3.05) is 13.7 Å². The summed E-state index contributed by atoms with van der Waals surface area (Å²) >= 11 is 0. The Bertz CT molecular complexity index is 614. The molecule has 0 atom stereocenters. The number of hydrogen-bond acceptors (Lipinski definition) is 4. The molecule has 1 aromatic carbocycles. The largest absolute Gasteiger partial charge is 0.481 e. The van der Waals surface area contributed by atoms with E-state index in [1.165, 1.54) is 19.2 Å². The fraction of sp³-hybridized carbons (Fsp3) is 0.417. The molecule has 6 nitrogen and oxygen atoms in total. The number of halogens is 1. The highest BCUT2D eigenvalue weighted by Gasteiger charge is 2.28. The lowest BCUT2D eigenvalue weighted by atomic mass is 10.3. The van der Waals surface area contributed by atoms with Gasteiger partial charge in [-0.2, -0.15) is 0 Å². The molecule has 110 valence electrons. The molecule has 0 heterocycles. The van der Waals surface area contributed by atoms with Gasteiger partial charge < -0.3 is 10.1 Å². The molecule has 1 saturated carbocycles. The van der Waals surface area contributed by atoms with E-state index in [4.69, 9.17) is 4.74 Å². The number of carbonyl (C=O) groups is 1. The summed E-state index contributed by atoms with van der Waals surface area (Å²) in [6, 6.07) is 3.27. The minimum Gasteiger partial charge on any atom is -0.481 e. The van der Waals surface area contributed by atoms with Crippen molar-refractivity contribution >= 4 is 15.9 Å². The van der Waals surface area contributed by atoms with Crippen molar-refractivity contribution in [2.24, 2.45) is 0 Å². The Morgan fingerprint density at radius 3 is 2.70 bits per heavy atom. The van der Waals surface area contributed by atoms with Crippen LogP contribution in [0.5, 0.6) is 5.75 Å². The summed E-state index contributed by atoms with van der Waals surface area (Å²) in [4.78, 5) is 10.8. The van der Waals surface area contributed by atoms with E-state index in [0.717, 1.165) is 18.9 Å². The van der Waals surface area contributed by atoms with E-state index in [1.54, 1.807) is 0 Å². The molecule has 1 aliphatic rings. The molecule has 0 aliphatic heterocycles. The molecular formula is C12H15FN2O4S. The van der Waals surface area contributed by atoms with Crippen molar-refractivity contribution in [1.29, 1.82) is 0 Å². The Labute approximate surface area is 116 Å². The highest BCUT2D eigenvalue weighted by Crippen LogP contribution is 2.24. The van der Waals surface area contributed by atoms with Crippen LogP contribution < -0.4 is 14.8 Å². The molecule has 0 unspecified atom stereocenters. The van der Waals surface area contributed by atoms with E-state index in [-0.39, 0.29) is 23.3 Å². The normalized spacial score (nSPS) is 14.9. The Morgan fingerprint density at radius 2 is 2.15 bits per heavy atom. The van der Waals surface area contributed by atoms with Gasteiger partial charge in [-0.05, 0) is 31.0 Å². The lowest BCUT2D eigenvalue weighted by molar-refractivity contribution is -0.122. The number of amides is 1. The Morgan fingerprint density at radius 1 is 1.45 bits per heavy atom. The van der Waals surface area contributed by atoms with Crippen LogP contribution in [0.4, 0.5) is 4.39 Å².